The smallest absolute Gasteiger partial charge is 0.223 e. The third-order valence-electron chi connectivity index (χ3n) is 5.08. The fourth-order valence-electron chi connectivity index (χ4n) is 3.44. The molecule has 132 valence electrons. The van der Waals surface area contributed by atoms with Crippen LogP contribution >= 0.6 is 0 Å². The number of piperidine rings is 1. The first-order valence-corrected chi connectivity index (χ1v) is 8.88. The zero-order chi connectivity index (χ0) is 17.8. The lowest BCUT2D eigenvalue weighted by molar-refractivity contribution is -0.132. The van der Waals surface area contributed by atoms with E-state index in [1.807, 2.05) is 23.1 Å². The Morgan fingerprint density at radius 2 is 1.72 bits per heavy atom. The summed E-state index contributed by atoms with van der Waals surface area (Å²) in [7, 11) is 0. The fraction of sp³-hybridized carbons (Fsp3) is 0.381. The van der Waals surface area contributed by atoms with Gasteiger partial charge < -0.3 is 15.1 Å². The topological polar surface area (TPSA) is 60.8 Å². The van der Waals surface area contributed by atoms with Crippen molar-refractivity contribution < 1.29 is 15.0 Å². The molecule has 1 fully saturated rings. The van der Waals surface area contributed by atoms with E-state index >= 15 is 0 Å². The van der Waals surface area contributed by atoms with E-state index in [1.54, 1.807) is 30.3 Å². The average molecular weight is 339 g/mol. The summed E-state index contributed by atoms with van der Waals surface area (Å²) in [5, 5.41) is 19.4. The van der Waals surface area contributed by atoms with Crippen LogP contribution in [0.4, 0.5) is 0 Å². The van der Waals surface area contributed by atoms with E-state index in [9.17, 15) is 15.0 Å². The number of aromatic hydroxyl groups is 2. The Morgan fingerprint density at radius 3 is 2.36 bits per heavy atom. The molecule has 1 unspecified atom stereocenters. The van der Waals surface area contributed by atoms with Gasteiger partial charge in [0.25, 0.3) is 0 Å². The van der Waals surface area contributed by atoms with Crippen molar-refractivity contribution in [2.75, 3.05) is 13.1 Å². The number of benzene rings is 2. The molecular weight excluding hydrogens is 314 g/mol. The highest BCUT2D eigenvalue weighted by atomic mass is 16.3. The molecule has 1 saturated heterocycles. The summed E-state index contributed by atoms with van der Waals surface area (Å²) >= 11 is 0. The predicted octanol–water partition coefficient (Wildman–Crippen LogP) is 3.88. The number of likely N-dealkylation sites (tertiary alicyclic amines) is 1. The Balaban J connectivity index is 1.83. The number of carbonyl (C=O) groups excluding carboxylic acids is 1. The van der Waals surface area contributed by atoms with Crippen LogP contribution in [0.15, 0.2) is 48.5 Å². The molecule has 1 amide bonds. The summed E-state index contributed by atoms with van der Waals surface area (Å²) in [4.78, 5) is 14.8. The highest BCUT2D eigenvalue weighted by Gasteiger charge is 2.25. The van der Waals surface area contributed by atoms with Gasteiger partial charge in [-0.15, -0.1) is 0 Å². The second-order valence-electron chi connectivity index (χ2n) is 7.01. The van der Waals surface area contributed by atoms with Crippen molar-refractivity contribution in [2.24, 2.45) is 5.92 Å². The van der Waals surface area contributed by atoms with Crippen molar-refractivity contribution in [3.63, 3.8) is 0 Å². The molecule has 1 atom stereocenters. The minimum atomic E-state index is -0.139. The lowest BCUT2D eigenvalue weighted by atomic mass is 9.87. The monoisotopic (exact) mass is 339 g/mol. The molecule has 4 nitrogen and oxygen atoms in total. The normalized spacial score (nSPS) is 16.6. The van der Waals surface area contributed by atoms with Crippen LogP contribution in [0, 0.1) is 5.92 Å². The summed E-state index contributed by atoms with van der Waals surface area (Å²) in [6.45, 7) is 3.87. The molecular formula is C21H25NO3. The first kappa shape index (κ1) is 17.3. The molecule has 2 aromatic rings. The van der Waals surface area contributed by atoms with E-state index in [-0.39, 0.29) is 23.3 Å². The molecule has 3 rings (SSSR count). The van der Waals surface area contributed by atoms with Gasteiger partial charge in [-0.2, -0.15) is 0 Å². The molecule has 4 heteroatoms. The van der Waals surface area contributed by atoms with Gasteiger partial charge >= 0.3 is 0 Å². The van der Waals surface area contributed by atoms with Crippen molar-refractivity contribution in [3.05, 3.63) is 59.7 Å². The van der Waals surface area contributed by atoms with E-state index in [4.69, 9.17) is 0 Å². The molecule has 0 aliphatic carbocycles. The van der Waals surface area contributed by atoms with Crippen molar-refractivity contribution in [2.45, 2.75) is 32.1 Å². The molecule has 1 aliphatic heterocycles. The van der Waals surface area contributed by atoms with Crippen LogP contribution < -0.4 is 0 Å². The highest BCUT2D eigenvalue weighted by molar-refractivity contribution is 5.78. The Morgan fingerprint density at radius 1 is 1.04 bits per heavy atom. The van der Waals surface area contributed by atoms with Crippen molar-refractivity contribution in [3.8, 4) is 11.5 Å². The Kier molecular flexibility index (Phi) is 5.27. The zero-order valence-electron chi connectivity index (χ0n) is 14.6. The van der Waals surface area contributed by atoms with Crippen LogP contribution in [0.25, 0.3) is 0 Å². The number of hydrogen-bond donors (Lipinski definition) is 2. The number of phenolic OH excluding ortho intramolecular Hbond substituents is 2. The first-order chi connectivity index (χ1) is 12.0. The minimum Gasteiger partial charge on any atom is -0.508 e. The standard InChI is InChI=1S/C21H25NO3/c1-15-9-11-22(12-10-15)21(25)14-20(16-5-7-18(23)8-6-16)17-3-2-4-19(24)13-17/h2-8,13,15,20,23-24H,9-12,14H2,1H3. The van der Waals surface area contributed by atoms with Crippen molar-refractivity contribution in [1.29, 1.82) is 0 Å². The lowest BCUT2D eigenvalue weighted by Gasteiger charge is -2.31. The molecule has 2 aromatic carbocycles. The van der Waals surface area contributed by atoms with Crippen LogP contribution in [0.2, 0.25) is 0 Å². The number of amides is 1. The summed E-state index contributed by atoms with van der Waals surface area (Å²) < 4.78 is 0. The van der Waals surface area contributed by atoms with Gasteiger partial charge in [0.2, 0.25) is 5.91 Å². The maximum Gasteiger partial charge on any atom is 0.223 e. The SMILES string of the molecule is CC1CCN(C(=O)CC(c2ccc(O)cc2)c2cccc(O)c2)CC1. The van der Waals surface area contributed by atoms with E-state index in [0.29, 0.717) is 12.3 Å². The summed E-state index contributed by atoms with van der Waals surface area (Å²) in [5.41, 5.74) is 1.87. The van der Waals surface area contributed by atoms with E-state index in [1.165, 1.54) is 0 Å². The summed E-state index contributed by atoms with van der Waals surface area (Å²) in [6.07, 6.45) is 2.48. The number of phenols is 2. The third kappa shape index (κ3) is 4.32. The third-order valence-corrected chi connectivity index (χ3v) is 5.08. The van der Waals surface area contributed by atoms with Gasteiger partial charge in [-0.1, -0.05) is 31.2 Å². The van der Waals surface area contributed by atoms with Gasteiger partial charge in [-0.3, -0.25) is 4.79 Å². The Hall–Kier alpha value is -2.49. The second-order valence-corrected chi connectivity index (χ2v) is 7.01. The molecule has 0 saturated carbocycles. The van der Waals surface area contributed by atoms with Crippen molar-refractivity contribution >= 4 is 5.91 Å². The molecule has 0 radical (unpaired) electrons. The minimum absolute atomic E-state index is 0.139. The second kappa shape index (κ2) is 7.60. The zero-order valence-corrected chi connectivity index (χ0v) is 14.6. The number of rotatable bonds is 4. The number of hydrogen-bond acceptors (Lipinski definition) is 3. The Bertz CT molecular complexity index is 718. The van der Waals surface area contributed by atoms with E-state index in [2.05, 4.69) is 6.92 Å². The van der Waals surface area contributed by atoms with Crippen LogP contribution in [0.3, 0.4) is 0 Å². The largest absolute Gasteiger partial charge is 0.508 e. The molecule has 25 heavy (non-hydrogen) atoms. The predicted molar refractivity (Wildman–Crippen MR) is 97.7 cm³/mol. The highest BCUT2D eigenvalue weighted by Crippen LogP contribution is 2.32. The molecule has 0 aromatic heterocycles. The van der Waals surface area contributed by atoms with Gasteiger partial charge in [0.05, 0.1) is 0 Å². The Labute approximate surface area is 148 Å². The molecule has 1 heterocycles. The number of nitrogens with zero attached hydrogens (tertiary/aromatic N) is 1. The fourth-order valence-corrected chi connectivity index (χ4v) is 3.44. The molecule has 1 aliphatic rings. The van der Waals surface area contributed by atoms with E-state index in [0.717, 1.165) is 37.1 Å². The maximum atomic E-state index is 12.8. The van der Waals surface area contributed by atoms with Gasteiger partial charge in [0.1, 0.15) is 11.5 Å². The van der Waals surface area contributed by atoms with Gasteiger partial charge in [-0.05, 0) is 54.2 Å². The van der Waals surface area contributed by atoms with Crippen molar-refractivity contribution in [1.82, 2.24) is 4.90 Å². The summed E-state index contributed by atoms with van der Waals surface area (Å²) in [6, 6.07) is 14.0. The van der Waals surface area contributed by atoms with Crippen LogP contribution in [-0.4, -0.2) is 34.1 Å². The lowest BCUT2D eigenvalue weighted by Crippen LogP contribution is -2.38. The molecule has 2 N–H and O–H groups in total. The first-order valence-electron chi connectivity index (χ1n) is 8.88. The van der Waals surface area contributed by atoms with Crippen LogP contribution in [0.5, 0.6) is 11.5 Å². The molecule has 0 bridgehead atoms. The average Bonchev–Trinajstić information content (AvgIpc) is 2.61. The summed E-state index contributed by atoms with van der Waals surface area (Å²) in [5.74, 6) is 1.09. The van der Waals surface area contributed by atoms with Gasteiger partial charge in [-0.25, -0.2) is 0 Å². The van der Waals surface area contributed by atoms with Gasteiger partial charge in [0, 0.05) is 25.4 Å². The number of carbonyl (C=O) groups is 1. The van der Waals surface area contributed by atoms with E-state index < -0.39 is 0 Å². The maximum absolute atomic E-state index is 12.8. The van der Waals surface area contributed by atoms with Crippen LogP contribution in [0.1, 0.15) is 43.2 Å². The quantitative estimate of drug-likeness (QED) is 0.889. The van der Waals surface area contributed by atoms with Gasteiger partial charge in [0.15, 0.2) is 0 Å². The molecule has 0 spiro atoms. The van der Waals surface area contributed by atoms with Crippen LogP contribution in [-0.2, 0) is 4.79 Å².